The van der Waals surface area contributed by atoms with Crippen molar-refractivity contribution in [1.82, 2.24) is 9.80 Å². The molecule has 0 aliphatic carbocycles. The highest BCUT2D eigenvalue weighted by Gasteiger charge is 2.21. The number of carbonyl (C=O) groups excluding carboxylic acids is 1. The summed E-state index contributed by atoms with van der Waals surface area (Å²) in [5.74, 6) is -0.948. The summed E-state index contributed by atoms with van der Waals surface area (Å²) in [6.45, 7) is 3.72. The molecule has 1 saturated heterocycles. The van der Waals surface area contributed by atoms with Gasteiger partial charge >= 0.3 is 12.0 Å². The van der Waals surface area contributed by atoms with Crippen molar-refractivity contribution in [2.24, 2.45) is 0 Å². The number of halogens is 2. The van der Waals surface area contributed by atoms with Gasteiger partial charge in [0, 0.05) is 49.0 Å². The van der Waals surface area contributed by atoms with Gasteiger partial charge in [-0.25, -0.2) is 9.59 Å². The third kappa shape index (κ3) is 5.81. The van der Waals surface area contributed by atoms with Gasteiger partial charge in [0.1, 0.15) is 4.88 Å². The molecule has 2 aromatic carbocycles. The normalized spacial score (nSPS) is 14.0. The van der Waals surface area contributed by atoms with Gasteiger partial charge in [-0.15, -0.1) is 23.7 Å². The molecule has 0 unspecified atom stereocenters. The number of aromatic carboxylic acids is 1. The Bertz CT molecular complexity index is 1080. The zero-order valence-corrected chi connectivity index (χ0v) is 19.6. The summed E-state index contributed by atoms with van der Waals surface area (Å²) in [5.41, 5.74) is 3.27. The van der Waals surface area contributed by atoms with Crippen LogP contribution in [-0.4, -0.2) is 53.1 Å². The first-order valence-electron chi connectivity index (χ1n) is 9.93. The van der Waals surface area contributed by atoms with Crippen LogP contribution in [0.4, 0.5) is 10.5 Å². The molecule has 2 heterocycles. The Hall–Kier alpha value is -2.58. The van der Waals surface area contributed by atoms with Gasteiger partial charge in [0.15, 0.2) is 0 Å². The second-order valence-electron chi connectivity index (χ2n) is 7.37. The molecule has 3 aromatic rings. The van der Waals surface area contributed by atoms with E-state index in [9.17, 15) is 14.7 Å². The van der Waals surface area contributed by atoms with E-state index in [1.807, 2.05) is 48.5 Å². The van der Waals surface area contributed by atoms with E-state index in [1.165, 1.54) is 16.9 Å². The highest BCUT2D eigenvalue weighted by Crippen LogP contribution is 2.30. The monoisotopic (exact) mass is 491 g/mol. The van der Waals surface area contributed by atoms with E-state index < -0.39 is 5.97 Å². The van der Waals surface area contributed by atoms with E-state index in [0.717, 1.165) is 30.2 Å². The fourth-order valence-electron chi connectivity index (χ4n) is 3.63. The first kappa shape index (κ1) is 24.1. The van der Waals surface area contributed by atoms with E-state index in [2.05, 4.69) is 10.2 Å². The number of carboxylic acids is 1. The summed E-state index contributed by atoms with van der Waals surface area (Å²) in [6, 6.07) is 16.8. The van der Waals surface area contributed by atoms with Crippen molar-refractivity contribution in [1.29, 1.82) is 0 Å². The Morgan fingerprint density at radius 1 is 1.03 bits per heavy atom. The van der Waals surface area contributed by atoms with Gasteiger partial charge in [-0.2, -0.15) is 0 Å². The minimum Gasteiger partial charge on any atom is -0.477 e. The van der Waals surface area contributed by atoms with Gasteiger partial charge < -0.3 is 15.3 Å². The van der Waals surface area contributed by atoms with Crippen molar-refractivity contribution in [2.45, 2.75) is 6.54 Å². The van der Waals surface area contributed by atoms with Crippen LogP contribution in [0.3, 0.4) is 0 Å². The summed E-state index contributed by atoms with van der Waals surface area (Å²) in [6.07, 6.45) is 0. The first-order valence-corrected chi connectivity index (χ1v) is 11.2. The number of hydrogen-bond acceptors (Lipinski definition) is 4. The molecule has 0 atom stereocenters. The van der Waals surface area contributed by atoms with Crippen LogP contribution in [-0.2, 0) is 6.54 Å². The Labute approximate surface area is 201 Å². The summed E-state index contributed by atoms with van der Waals surface area (Å²) in [7, 11) is 0. The van der Waals surface area contributed by atoms with Crippen LogP contribution in [0.15, 0.2) is 60.0 Å². The van der Waals surface area contributed by atoms with Crippen LogP contribution in [0.5, 0.6) is 0 Å². The molecule has 0 spiro atoms. The second kappa shape index (κ2) is 10.8. The van der Waals surface area contributed by atoms with Gasteiger partial charge in [-0.05, 0) is 46.8 Å². The smallest absolute Gasteiger partial charge is 0.346 e. The zero-order chi connectivity index (χ0) is 21.8. The predicted octanol–water partition coefficient (Wildman–Crippen LogP) is 5.54. The number of thiophene rings is 1. The van der Waals surface area contributed by atoms with E-state index in [-0.39, 0.29) is 18.4 Å². The summed E-state index contributed by atoms with van der Waals surface area (Å²) >= 11 is 7.13. The largest absolute Gasteiger partial charge is 0.477 e. The highest BCUT2D eigenvalue weighted by atomic mass is 35.5. The lowest BCUT2D eigenvalue weighted by Gasteiger charge is -2.34. The number of anilines is 1. The second-order valence-corrected chi connectivity index (χ2v) is 8.72. The van der Waals surface area contributed by atoms with Crippen molar-refractivity contribution in [3.8, 4) is 11.1 Å². The third-order valence-corrected chi connectivity index (χ3v) is 6.42. The van der Waals surface area contributed by atoms with E-state index >= 15 is 0 Å². The van der Waals surface area contributed by atoms with Crippen molar-refractivity contribution in [3.63, 3.8) is 0 Å². The van der Waals surface area contributed by atoms with Crippen LogP contribution >= 0.6 is 35.3 Å². The number of benzene rings is 2. The maximum Gasteiger partial charge on any atom is 0.346 e. The van der Waals surface area contributed by atoms with E-state index in [1.54, 1.807) is 16.3 Å². The molecule has 1 aromatic heterocycles. The molecule has 9 heteroatoms. The van der Waals surface area contributed by atoms with Gasteiger partial charge in [0.05, 0.1) is 0 Å². The fourth-order valence-corrected chi connectivity index (χ4v) is 4.51. The number of amides is 2. The number of hydrogen-bond donors (Lipinski definition) is 2. The quantitative estimate of drug-likeness (QED) is 0.491. The fraction of sp³-hybridized carbons (Fsp3) is 0.217. The molecule has 1 fully saturated rings. The third-order valence-electron chi connectivity index (χ3n) is 5.26. The molecule has 6 nitrogen and oxygen atoms in total. The summed E-state index contributed by atoms with van der Waals surface area (Å²) in [4.78, 5) is 28.6. The van der Waals surface area contributed by atoms with Crippen molar-refractivity contribution < 1.29 is 14.7 Å². The highest BCUT2D eigenvalue weighted by molar-refractivity contribution is 7.12. The minimum absolute atomic E-state index is 0. The average Bonchev–Trinajstić information content (AvgIpc) is 3.26. The zero-order valence-electron chi connectivity index (χ0n) is 17.2. The maximum absolute atomic E-state index is 12.7. The van der Waals surface area contributed by atoms with Crippen LogP contribution < -0.4 is 5.32 Å². The van der Waals surface area contributed by atoms with E-state index in [4.69, 9.17) is 11.6 Å². The van der Waals surface area contributed by atoms with Crippen molar-refractivity contribution in [2.75, 3.05) is 31.5 Å². The van der Waals surface area contributed by atoms with Crippen LogP contribution in [0.25, 0.3) is 11.1 Å². The van der Waals surface area contributed by atoms with Crippen LogP contribution in [0.2, 0.25) is 5.02 Å². The van der Waals surface area contributed by atoms with Crippen molar-refractivity contribution in [3.05, 3.63) is 75.4 Å². The number of nitrogens with one attached hydrogen (secondary N) is 1. The number of nitrogens with zero attached hydrogens (tertiary/aromatic N) is 2. The Balaban J connectivity index is 0.00000289. The molecule has 4 rings (SSSR count). The number of rotatable bonds is 5. The number of carbonyl (C=O) groups is 2. The maximum atomic E-state index is 12.7. The molecule has 168 valence electrons. The first-order chi connectivity index (χ1) is 15.0. The minimum atomic E-state index is -0.948. The Morgan fingerprint density at radius 3 is 2.44 bits per heavy atom. The van der Waals surface area contributed by atoms with Crippen LogP contribution in [0.1, 0.15) is 15.2 Å². The summed E-state index contributed by atoms with van der Waals surface area (Å²) < 4.78 is 0. The average molecular weight is 492 g/mol. The Morgan fingerprint density at radius 2 is 1.75 bits per heavy atom. The number of carboxylic acid groups (broad SMARTS) is 1. The molecule has 0 saturated carbocycles. The number of urea groups is 1. The lowest BCUT2D eigenvalue weighted by molar-refractivity contribution is 0.0703. The topological polar surface area (TPSA) is 72.9 Å². The van der Waals surface area contributed by atoms with Gasteiger partial charge in [0.2, 0.25) is 0 Å². The molecular formula is C23H23Cl2N3O3S. The molecule has 0 radical (unpaired) electrons. The lowest BCUT2D eigenvalue weighted by Crippen LogP contribution is -2.49. The molecule has 1 aliphatic heterocycles. The number of piperazine rings is 1. The summed E-state index contributed by atoms with van der Waals surface area (Å²) in [5, 5.41) is 14.8. The molecule has 2 amide bonds. The molecule has 32 heavy (non-hydrogen) atoms. The van der Waals surface area contributed by atoms with Crippen LogP contribution in [0, 0.1) is 0 Å². The molecule has 0 bridgehead atoms. The van der Waals surface area contributed by atoms with Gasteiger partial charge in [-0.3, -0.25) is 4.90 Å². The molecule has 1 aliphatic rings. The Kier molecular flexibility index (Phi) is 8.15. The SMILES string of the molecule is Cl.O=C(O)c1sccc1-c1cccc(NC(=O)N2CCN(Cc3ccc(Cl)cc3)CC2)c1. The van der Waals surface area contributed by atoms with Gasteiger partial charge in [0.25, 0.3) is 0 Å². The van der Waals surface area contributed by atoms with Crippen molar-refractivity contribution >= 4 is 53.0 Å². The standard InChI is InChI=1S/C23H22ClN3O3S.ClH/c24-18-6-4-16(5-7-18)15-26-9-11-27(12-10-26)23(30)25-19-3-1-2-17(14-19)20-8-13-31-21(20)22(28)29;/h1-8,13-14H,9-12,15H2,(H,25,30)(H,28,29);1H. The van der Waals surface area contributed by atoms with Gasteiger partial charge in [-0.1, -0.05) is 35.9 Å². The van der Waals surface area contributed by atoms with E-state index in [0.29, 0.717) is 29.2 Å². The predicted molar refractivity (Wildman–Crippen MR) is 131 cm³/mol. The molecule has 2 N–H and O–H groups in total. The lowest BCUT2D eigenvalue weighted by atomic mass is 10.1. The molecular weight excluding hydrogens is 469 g/mol.